The van der Waals surface area contributed by atoms with Gasteiger partial charge in [0.05, 0.1) is 0 Å². The van der Waals surface area contributed by atoms with Gasteiger partial charge in [0.1, 0.15) is 0 Å². The van der Waals surface area contributed by atoms with Crippen molar-refractivity contribution in [1.82, 2.24) is 0 Å². The molecule has 0 spiro atoms. The average Bonchev–Trinajstić information content (AvgIpc) is 0. The van der Waals surface area contributed by atoms with Crippen molar-refractivity contribution >= 4 is 45.3 Å². The third kappa shape index (κ3) is 18.5. The molecule has 0 atom stereocenters. The van der Waals surface area contributed by atoms with Crippen molar-refractivity contribution in [2.24, 2.45) is 0 Å². The van der Waals surface area contributed by atoms with E-state index >= 15 is 0 Å². The smallest absolute Gasteiger partial charge is 0 e. The van der Waals surface area contributed by atoms with Crippen molar-refractivity contribution in [2.45, 2.75) is 0 Å². The van der Waals surface area contributed by atoms with Crippen LogP contribution in [-0.4, -0.2) is 45.3 Å². The summed E-state index contributed by atoms with van der Waals surface area (Å²) in [6.07, 6.45) is 0. The molecule has 0 fully saturated rings. The van der Waals surface area contributed by atoms with E-state index in [1.807, 2.05) is 0 Å². The Kier molecular flexibility index (Phi) is 199. The molecule has 5 heavy (non-hydrogen) atoms. The van der Waals surface area contributed by atoms with Crippen molar-refractivity contribution in [2.75, 3.05) is 0 Å². The van der Waals surface area contributed by atoms with E-state index in [1.165, 1.54) is 0 Å². The van der Waals surface area contributed by atoms with Gasteiger partial charge in [-0.3, -0.25) is 0 Å². The molecule has 0 saturated heterocycles. The van der Waals surface area contributed by atoms with Crippen LogP contribution >= 0.6 is 0 Å². The van der Waals surface area contributed by atoms with E-state index < -0.39 is 0 Å². The van der Waals surface area contributed by atoms with Crippen molar-refractivity contribution in [1.29, 1.82) is 0 Å². The standard InChI is InChI=1S/As.Cd.Cu.Pb.Zn. The molecule has 8 radical (unpaired) electrons. The molecular formula is AsCdCuPbZn. The molecule has 0 aromatic rings. The quantitative estimate of drug-likeness (QED) is 0.366. The minimum Gasteiger partial charge on any atom is 0 e. The molecule has 0 aromatic heterocycles. The predicted molar refractivity (Wildman–Crippen MR) is 11.5 cm³/mol. The van der Waals surface area contributed by atoms with Gasteiger partial charge in [0.2, 0.25) is 0 Å². The summed E-state index contributed by atoms with van der Waals surface area (Å²) in [5.74, 6) is 0. The third-order valence-electron chi connectivity index (χ3n) is 0. The molecular weight excluding hydrogens is 523 g/mol. The van der Waals surface area contributed by atoms with E-state index in [-0.39, 0.29) is 109 Å². The Morgan fingerprint density at radius 2 is 1.00 bits per heavy atom. The first-order chi connectivity index (χ1) is 0. The van der Waals surface area contributed by atoms with Gasteiger partial charge < -0.3 is 0 Å². The zero-order valence-electron chi connectivity index (χ0n) is 2.66. The van der Waals surface area contributed by atoms with Crippen LogP contribution < -0.4 is 0 Å². The maximum Gasteiger partial charge on any atom is 0 e. The van der Waals surface area contributed by atoms with E-state index in [2.05, 4.69) is 0 Å². The maximum absolute atomic E-state index is 0. The van der Waals surface area contributed by atoms with E-state index in [1.54, 1.807) is 0 Å². The van der Waals surface area contributed by atoms with E-state index in [4.69, 9.17) is 0 Å². The minimum atomic E-state index is 0. The molecule has 0 heterocycles. The van der Waals surface area contributed by atoms with Gasteiger partial charge in [-0.05, 0) is 0 Å². The van der Waals surface area contributed by atoms with Gasteiger partial charge in [-0.1, -0.05) is 0 Å². The summed E-state index contributed by atoms with van der Waals surface area (Å²) in [4.78, 5) is 0. The van der Waals surface area contributed by atoms with Crippen LogP contribution in [0.3, 0.4) is 0 Å². The minimum absolute atomic E-state index is 0. The van der Waals surface area contributed by atoms with E-state index in [0.717, 1.165) is 0 Å². The van der Waals surface area contributed by atoms with Crippen LogP contribution in [0.15, 0.2) is 0 Å². The van der Waals surface area contributed by atoms with Crippen LogP contribution in [0, 0.1) is 0 Å². The van der Waals surface area contributed by atoms with E-state index in [9.17, 15) is 0 Å². The molecule has 0 nitrogen and oxygen atoms in total. The topological polar surface area (TPSA) is 0 Å². The second-order valence-corrected chi connectivity index (χ2v) is 0. The van der Waals surface area contributed by atoms with E-state index in [0.29, 0.717) is 0 Å². The fourth-order valence-electron chi connectivity index (χ4n) is 0. The summed E-state index contributed by atoms with van der Waals surface area (Å²) in [7, 11) is 0. The van der Waals surface area contributed by atoms with Gasteiger partial charge in [0, 0.05) is 109 Å². The number of rotatable bonds is 0. The molecule has 0 rings (SSSR count). The SMILES string of the molecule is [As].[Cd].[Cu].[Pb].[Zn]. The van der Waals surface area contributed by atoms with Crippen molar-refractivity contribution in [3.63, 3.8) is 0 Å². The molecule has 0 amide bonds. The van der Waals surface area contributed by atoms with Crippen molar-refractivity contribution in [3.8, 4) is 0 Å². The van der Waals surface area contributed by atoms with Crippen LogP contribution in [0.25, 0.3) is 0 Å². The molecule has 0 saturated carbocycles. The molecule has 0 aliphatic rings. The maximum atomic E-state index is 0. The monoisotopic (exact) mass is 524 g/mol. The second-order valence-electron chi connectivity index (χ2n) is 0. The van der Waals surface area contributed by atoms with Crippen molar-refractivity contribution < 1.29 is 63.8 Å². The summed E-state index contributed by atoms with van der Waals surface area (Å²) in [5, 5.41) is 0. The molecule has 0 unspecified atom stereocenters. The third-order valence-corrected chi connectivity index (χ3v) is 0. The van der Waals surface area contributed by atoms with Crippen molar-refractivity contribution in [3.05, 3.63) is 0 Å². The number of hydrogen-bond acceptors (Lipinski definition) is 0. The zero-order valence-corrected chi connectivity index (χ0v) is 16.4. The Labute approximate surface area is 107 Å². The molecule has 0 bridgehead atoms. The van der Waals surface area contributed by atoms with Crippen LogP contribution in [0.4, 0.5) is 0 Å². The van der Waals surface area contributed by atoms with Crippen LogP contribution in [-0.2, 0) is 63.8 Å². The largest absolute Gasteiger partial charge is 0 e. The summed E-state index contributed by atoms with van der Waals surface area (Å²) in [5.41, 5.74) is 0. The average molecular weight is 523 g/mol. The molecule has 5 heteroatoms. The Morgan fingerprint density at radius 1 is 1.00 bits per heavy atom. The molecule has 0 N–H and O–H groups in total. The predicted octanol–water partition coefficient (Wildman–Crippen LogP) is -0.769. The van der Waals surface area contributed by atoms with Gasteiger partial charge in [0.15, 0.2) is 0 Å². The van der Waals surface area contributed by atoms with Gasteiger partial charge in [0.25, 0.3) is 0 Å². The molecule has 0 aliphatic heterocycles. The van der Waals surface area contributed by atoms with Crippen LogP contribution in [0.5, 0.6) is 0 Å². The Balaban J connectivity index is 0. The second kappa shape index (κ2) is 25.7. The summed E-state index contributed by atoms with van der Waals surface area (Å²) in [6, 6.07) is 0. The van der Waals surface area contributed by atoms with Gasteiger partial charge in [-0.2, -0.15) is 0 Å². The summed E-state index contributed by atoms with van der Waals surface area (Å²) < 4.78 is 0. The summed E-state index contributed by atoms with van der Waals surface area (Å²) in [6.45, 7) is 0. The Bertz CT molecular complexity index is 11.6. The molecule has 24 valence electrons. The van der Waals surface area contributed by atoms with Crippen LogP contribution in [0.1, 0.15) is 0 Å². The van der Waals surface area contributed by atoms with Gasteiger partial charge in [-0.15, -0.1) is 0 Å². The molecule has 0 aromatic carbocycles. The fraction of sp³-hybridized carbons (Fsp3) is 0. The molecule has 0 aliphatic carbocycles. The fourth-order valence-corrected chi connectivity index (χ4v) is 0. The Hall–Kier alpha value is 3.55. The van der Waals surface area contributed by atoms with Gasteiger partial charge >= 0.3 is 0 Å². The first kappa shape index (κ1) is 38.7. The number of hydrogen-bond donors (Lipinski definition) is 0. The summed E-state index contributed by atoms with van der Waals surface area (Å²) >= 11 is 0. The zero-order chi connectivity index (χ0) is 0. The first-order valence-corrected chi connectivity index (χ1v) is 0. The van der Waals surface area contributed by atoms with Gasteiger partial charge in [-0.25, -0.2) is 0 Å². The Morgan fingerprint density at radius 3 is 1.00 bits per heavy atom. The normalized spacial score (nSPS) is 0. The first-order valence-electron chi connectivity index (χ1n) is 0. The van der Waals surface area contributed by atoms with Crippen LogP contribution in [0.2, 0.25) is 0 Å².